The van der Waals surface area contributed by atoms with E-state index in [0.29, 0.717) is 11.1 Å². The van der Waals surface area contributed by atoms with Gasteiger partial charge in [0.2, 0.25) is 0 Å². The third-order valence-electron chi connectivity index (χ3n) is 2.46. The van der Waals surface area contributed by atoms with E-state index in [4.69, 9.17) is 0 Å². The first kappa shape index (κ1) is 9.59. The number of aldehydes is 1. The summed E-state index contributed by atoms with van der Waals surface area (Å²) in [6.07, 6.45) is 0.812. The molecule has 0 spiro atoms. The maximum atomic E-state index is 11.4. The predicted octanol–water partition coefficient (Wildman–Crippen LogP) is 2.85. The van der Waals surface area contributed by atoms with Crippen molar-refractivity contribution < 1.29 is 9.59 Å². The number of hydrogen-bond donors (Lipinski definition) is 0. The summed E-state index contributed by atoms with van der Waals surface area (Å²) in [6.45, 7) is 1.53. The number of hydrogen-bond acceptors (Lipinski definition) is 2. The SMILES string of the molecule is CC(=O)c1ccc(C=O)c2ccccc12. The van der Waals surface area contributed by atoms with Crippen molar-refractivity contribution in [1.29, 1.82) is 0 Å². The molecule has 0 aliphatic heterocycles. The molecule has 0 N–H and O–H groups in total. The van der Waals surface area contributed by atoms with Crippen LogP contribution in [0.25, 0.3) is 10.8 Å². The van der Waals surface area contributed by atoms with Gasteiger partial charge in [-0.1, -0.05) is 36.4 Å². The molecule has 0 radical (unpaired) electrons. The fraction of sp³-hybridized carbons (Fsp3) is 0.0769. The van der Waals surface area contributed by atoms with Crippen LogP contribution in [-0.2, 0) is 0 Å². The zero-order valence-corrected chi connectivity index (χ0v) is 8.36. The van der Waals surface area contributed by atoms with Crippen molar-refractivity contribution in [2.24, 2.45) is 0 Å². The molecule has 0 heterocycles. The summed E-state index contributed by atoms with van der Waals surface area (Å²) in [5.41, 5.74) is 1.28. The van der Waals surface area contributed by atoms with Gasteiger partial charge in [-0.2, -0.15) is 0 Å². The summed E-state index contributed by atoms with van der Waals surface area (Å²) in [5, 5.41) is 1.68. The van der Waals surface area contributed by atoms with Crippen molar-refractivity contribution >= 4 is 22.8 Å². The molecule has 0 fully saturated rings. The summed E-state index contributed by atoms with van der Waals surface area (Å²) in [7, 11) is 0. The number of carbonyl (C=O) groups is 2. The van der Waals surface area contributed by atoms with Crippen molar-refractivity contribution in [2.45, 2.75) is 6.92 Å². The Morgan fingerprint density at radius 3 is 2.33 bits per heavy atom. The van der Waals surface area contributed by atoms with Crippen LogP contribution in [-0.4, -0.2) is 12.1 Å². The van der Waals surface area contributed by atoms with Gasteiger partial charge in [0.25, 0.3) is 0 Å². The van der Waals surface area contributed by atoms with Crippen LogP contribution in [0.15, 0.2) is 36.4 Å². The van der Waals surface area contributed by atoms with E-state index in [1.807, 2.05) is 24.3 Å². The van der Waals surface area contributed by atoms with E-state index in [0.717, 1.165) is 17.1 Å². The molecule has 0 atom stereocenters. The normalized spacial score (nSPS) is 10.2. The fourth-order valence-electron chi connectivity index (χ4n) is 1.73. The van der Waals surface area contributed by atoms with E-state index in [1.165, 1.54) is 6.92 Å². The lowest BCUT2D eigenvalue weighted by Crippen LogP contribution is -1.95. The van der Waals surface area contributed by atoms with Crippen LogP contribution in [0.1, 0.15) is 27.6 Å². The third-order valence-corrected chi connectivity index (χ3v) is 2.46. The van der Waals surface area contributed by atoms with E-state index in [9.17, 15) is 9.59 Å². The summed E-state index contributed by atoms with van der Waals surface area (Å²) >= 11 is 0. The lowest BCUT2D eigenvalue weighted by Gasteiger charge is -2.04. The number of fused-ring (bicyclic) bond motifs is 1. The molecule has 0 bridgehead atoms. The highest BCUT2D eigenvalue weighted by molar-refractivity contribution is 6.10. The summed E-state index contributed by atoms with van der Waals surface area (Å²) in [4.78, 5) is 22.2. The largest absolute Gasteiger partial charge is 0.298 e. The van der Waals surface area contributed by atoms with E-state index < -0.39 is 0 Å². The molecular weight excluding hydrogens is 188 g/mol. The Morgan fingerprint density at radius 1 is 1.07 bits per heavy atom. The average Bonchev–Trinajstić information content (AvgIpc) is 2.27. The fourth-order valence-corrected chi connectivity index (χ4v) is 1.73. The topological polar surface area (TPSA) is 34.1 Å². The number of ketones is 1. The Kier molecular flexibility index (Phi) is 2.34. The summed E-state index contributed by atoms with van der Waals surface area (Å²) < 4.78 is 0. The minimum atomic E-state index is 0.0173. The highest BCUT2D eigenvalue weighted by atomic mass is 16.1. The number of benzene rings is 2. The summed E-state index contributed by atoms with van der Waals surface area (Å²) in [5.74, 6) is 0.0173. The second kappa shape index (κ2) is 3.65. The first-order valence-corrected chi connectivity index (χ1v) is 4.72. The van der Waals surface area contributed by atoms with Crippen molar-refractivity contribution in [3.63, 3.8) is 0 Å². The van der Waals surface area contributed by atoms with Crippen LogP contribution in [0.4, 0.5) is 0 Å². The minimum Gasteiger partial charge on any atom is -0.298 e. The van der Waals surface area contributed by atoms with Gasteiger partial charge in [0.1, 0.15) is 0 Å². The van der Waals surface area contributed by atoms with Crippen LogP contribution in [0.5, 0.6) is 0 Å². The maximum absolute atomic E-state index is 11.4. The maximum Gasteiger partial charge on any atom is 0.160 e. The van der Waals surface area contributed by atoms with Crippen molar-refractivity contribution in [3.05, 3.63) is 47.5 Å². The molecule has 0 unspecified atom stereocenters. The van der Waals surface area contributed by atoms with E-state index >= 15 is 0 Å². The lowest BCUT2D eigenvalue weighted by atomic mass is 9.98. The highest BCUT2D eigenvalue weighted by Gasteiger charge is 2.07. The van der Waals surface area contributed by atoms with Gasteiger partial charge in [-0.25, -0.2) is 0 Å². The molecule has 0 aromatic heterocycles. The first-order chi connectivity index (χ1) is 7.24. The standard InChI is InChI=1S/C13H10O2/c1-9(15)11-7-6-10(8-14)12-4-2-3-5-13(11)12/h2-8H,1H3. The Labute approximate surface area is 87.5 Å². The molecule has 0 amide bonds. The quantitative estimate of drug-likeness (QED) is 0.549. The van der Waals surface area contributed by atoms with Gasteiger partial charge >= 0.3 is 0 Å². The van der Waals surface area contributed by atoms with Crippen LogP contribution in [0, 0.1) is 0 Å². The molecule has 0 saturated heterocycles. The molecule has 0 aliphatic rings. The Morgan fingerprint density at radius 2 is 1.73 bits per heavy atom. The van der Waals surface area contributed by atoms with Crippen LogP contribution in [0.2, 0.25) is 0 Å². The second-order valence-corrected chi connectivity index (χ2v) is 3.42. The number of carbonyl (C=O) groups excluding carboxylic acids is 2. The van der Waals surface area contributed by atoms with Gasteiger partial charge in [0.15, 0.2) is 12.1 Å². The molecule has 0 aliphatic carbocycles. The second-order valence-electron chi connectivity index (χ2n) is 3.42. The van der Waals surface area contributed by atoms with Crippen LogP contribution in [0.3, 0.4) is 0 Å². The van der Waals surface area contributed by atoms with E-state index in [2.05, 4.69) is 0 Å². The Bertz CT molecular complexity index is 541. The molecule has 0 saturated carbocycles. The molecule has 15 heavy (non-hydrogen) atoms. The molecule has 74 valence electrons. The van der Waals surface area contributed by atoms with Gasteiger partial charge < -0.3 is 0 Å². The Balaban J connectivity index is 2.89. The molecule has 2 aromatic rings. The third kappa shape index (κ3) is 1.54. The first-order valence-electron chi connectivity index (χ1n) is 4.72. The van der Waals surface area contributed by atoms with E-state index in [-0.39, 0.29) is 5.78 Å². The molecule has 2 aromatic carbocycles. The molecule has 2 rings (SSSR count). The van der Waals surface area contributed by atoms with Crippen molar-refractivity contribution in [1.82, 2.24) is 0 Å². The molecule has 2 heteroatoms. The Hall–Kier alpha value is -1.96. The summed E-state index contributed by atoms with van der Waals surface area (Å²) in [6, 6.07) is 10.8. The highest BCUT2D eigenvalue weighted by Crippen LogP contribution is 2.22. The van der Waals surface area contributed by atoms with Crippen LogP contribution >= 0.6 is 0 Å². The van der Waals surface area contributed by atoms with Gasteiger partial charge in [0, 0.05) is 11.1 Å². The van der Waals surface area contributed by atoms with Gasteiger partial charge in [0.05, 0.1) is 0 Å². The predicted molar refractivity (Wildman–Crippen MR) is 59.3 cm³/mol. The zero-order chi connectivity index (χ0) is 10.8. The van der Waals surface area contributed by atoms with E-state index in [1.54, 1.807) is 12.1 Å². The zero-order valence-electron chi connectivity index (χ0n) is 8.36. The van der Waals surface area contributed by atoms with Gasteiger partial charge in [-0.15, -0.1) is 0 Å². The molecule has 2 nitrogen and oxygen atoms in total. The smallest absolute Gasteiger partial charge is 0.160 e. The van der Waals surface area contributed by atoms with Gasteiger partial charge in [-0.05, 0) is 17.7 Å². The lowest BCUT2D eigenvalue weighted by molar-refractivity contribution is 0.101. The number of Topliss-reactive ketones (excluding diaryl/α,β-unsaturated/α-hetero) is 1. The van der Waals surface area contributed by atoms with Crippen molar-refractivity contribution in [3.8, 4) is 0 Å². The van der Waals surface area contributed by atoms with Gasteiger partial charge in [-0.3, -0.25) is 9.59 Å². The number of rotatable bonds is 2. The molecular formula is C13H10O2. The minimum absolute atomic E-state index is 0.0173. The monoisotopic (exact) mass is 198 g/mol. The van der Waals surface area contributed by atoms with Crippen LogP contribution < -0.4 is 0 Å². The average molecular weight is 198 g/mol. The van der Waals surface area contributed by atoms with Crippen molar-refractivity contribution in [2.75, 3.05) is 0 Å².